The first-order valence-electron chi connectivity index (χ1n) is 24.9. The highest BCUT2D eigenvalue weighted by Crippen LogP contribution is 2.50. The molecule has 0 fully saturated rings. The summed E-state index contributed by atoms with van der Waals surface area (Å²) >= 11 is 0. The lowest BCUT2D eigenvalue weighted by atomic mass is 9.84. The molecule has 5 heterocycles. The van der Waals surface area contributed by atoms with E-state index in [1.54, 1.807) is 0 Å². The van der Waals surface area contributed by atoms with Gasteiger partial charge in [0.2, 0.25) is 0 Å². The number of hydrogen-bond donors (Lipinski definition) is 0. The Morgan fingerprint density at radius 1 is 0.343 bits per heavy atom. The third-order valence-electron chi connectivity index (χ3n) is 15.6. The maximum atomic E-state index is 7.09. The highest BCUT2D eigenvalue weighted by Gasteiger charge is 2.29. The second-order valence-corrected chi connectivity index (χ2v) is 23.1. The Balaban J connectivity index is 1.08. The zero-order valence-electron chi connectivity index (χ0n) is 41.4. The van der Waals surface area contributed by atoms with Crippen molar-refractivity contribution in [2.75, 3.05) is 4.90 Å². The van der Waals surface area contributed by atoms with Crippen LogP contribution < -0.4 is 4.90 Å². The van der Waals surface area contributed by atoms with Crippen LogP contribution in [0.15, 0.2) is 174 Å². The second kappa shape index (κ2) is 13.9. The molecule has 0 aliphatic rings. The molecule has 5 aromatic heterocycles. The molecule has 340 valence electrons. The lowest BCUT2D eigenvalue weighted by Crippen LogP contribution is -2.11. The summed E-state index contributed by atoms with van der Waals surface area (Å²) < 4.78 is 12.2. The lowest BCUT2D eigenvalue weighted by molar-refractivity contribution is 0.590. The van der Waals surface area contributed by atoms with Gasteiger partial charge in [-0.1, -0.05) is 153 Å². The van der Waals surface area contributed by atoms with E-state index in [4.69, 9.17) is 4.42 Å². The first-order valence-corrected chi connectivity index (χ1v) is 24.9. The second-order valence-electron chi connectivity index (χ2n) is 23.1. The van der Waals surface area contributed by atoms with Gasteiger partial charge in [-0.15, -0.1) is 0 Å². The van der Waals surface area contributed by atoms with Crippen molar-refractivity contribution in [2.45, 2.75) is 78.6 Å². The Morgan fingerprint density at radius 2 is 0.843 bits per heavy atom. The number of para-hydroxylation sites is 3. The number of rotatable bonds is 4. The van der Waals surface area contributed by atoms with Crippen LogP contribution in [-0.2, 0) is 16.2 Å². The highest BCUT2D eigenvalue weighted by atomic mass is 16.3. The van der Waals surface area contributed by atoms with Crippen molar-refractivity contribution in [1.29, 1.82) is 0 Å². The first-order chi connectivity index (χ1) is 33.6. The van der Waals surface area contributed by atoms with Gasteiger partial charge in [0.1, 0.15) is 5.58 Å². The fourth-order valence-electron chi connectivity index (χ4n) is 11.9. The standard InChI is InChI=1S/C66H55N3O/c1-64(2,3)39-26-29-55-48(30-39)52-32-41(66(7,8)9)34-54-49-37-59-50(36-58(49)68(55)61(52)54)53-33-40(65(4,5)6)31-51-45-28-27-43(35-57(45)69(59)60(51)53)67(42-20-14-11-15-21-42)56-25-17-24-47-46-23-16-22-44(62(46)70-63(47)56)38-18-12-10-13-19-38/h10-37H,1-9H3. The highest BCUT2D eigenvalue weighted by molar-refractivity contribution is 6.29. The Kier molecular flexibility index (Phi) is 8.19. The van der Waals surface area contributed by atoms with E-state index in [2.05, 4.69) is 246 Å². The van der Waals surface area contributed by atoms with Gasteiger partial charge in [0.15, 0.2) is 5.58 Å². The molecule has 0 bridgehead atoms. The van der Waals surface area contributed by atoms with Crippen LogP contribution in [-0.4, -0.2) is 8.80 Å². The molecule has 9 aromatic carbocycles. The topological polar surface area (TPSA) is 25.2 Å². The van der Waals surface area contributed by atoms with Gasteiger partial charge in [0, 0.05) is 70.8 Å². The summed E-state index contributed by atoms with van der Waals surface area (Å²) in [5.74, 6) is 0. The van der Waals surface area contributed by atoms with Crippen LogP contribution in [0.4, 0.5) is 17.1 Å². The van der Waals surface area contributed by atoms with Crippen LogP contribution in [0.1, 0.15) is 79.0 Å². The van der Waals surface area contributed by atoms with E-state index in [1.807, 2.05) is 0 Å². The van der Waals surface area contributed by atoms with Crippen molar-refractivity contribution < 1.29 is 4.42 Å². The molecule has 0 saturated carbocycles. The molecule has 0 spiro atoms. The summed E-state index contributed by atoms with van der Waals surface area (Å²) in [7, 11) is 0. The van der Waals surface area contributed by atoms with Gasteiger partial charge in [-0.25, -0.2) is 0 Å². The summed E-state index contributed by atoms with van der Waals surface area (Å²) in [4.78, 5) is 2.38. The van der Waals surface area contributed by atoms with Crippen molar-refractivity contribution in [3.63, 3.8) is 0 Å². The smallest absolute Gasteiger partial charge is 0.159 e. The van der Waals surface area contributed by atoms with Crippen molar-refractivity contribution in [1.82, 2.24) is 8.80 Å². The Morgan fingerprint density at radius 3 is 1.44 bits per heavy atom. The Bertz CT molecular complexity index is 4450. The zero-order chi connectivity index (χ0) is 47.7. The van der Waals surface area contributed by atoms with E-state index in [0.717, 1.165) is 50.1 Å². The molecule has 0 aliphatic carbocycles. The predicted octanol–water partition coefficient (Wildman–Crippen LogP) is 18.9. The third kappa shape index (κ3) is 5.71. The quantitative estimate of drug-likeness (QED) is 0.176. The summed E-state index contributed by atoms with van der Waals surface area (Å²) in [5.41, 5.74) is 18.7. The van der Waals surface area contributed by atoms with Crippen LogP contribution in [0, 0.1) is 0 Å². The van der Waals surface area contributed by atoms with E-state index >= 15 is 0 Å². The number of benzene rings is 9. The fraction of sp³-hybridized carbons (Fsp3) is 0.182. The minimum Gasteiger partial charge on any atom is -0.453 e. The van der Waals surface area contributed by atoms with Crippen LogP contribution in [0.3, 0.4) is 0 Å². The summed E-state index contributed by atoms with van der Waals surface area (Å²) in [6, 6.07) is 63.6. The summed E-state index contributed by atoms with van der Waals surface area (Å²) in [6.07, 6.45) is 0. The van der Waals surface area contributed by atoms with Crippen LogP contribution in [0.5, 0.6) is 0 Å². The average Bonchev–Trinajstić information content (AvgIpc) is 4.14. The predicted molar refractivity (Wildman–Crippen MR) is 299 cm³/mol. The number of hydrogen-bond acceptors (Lipinski definition) is 2. The summed E-state index contributed by atoms with van der Waals surface area (Å²) in [5, 5.41) is 12.6. The van der Waals surface area contributed by atoms with Crippen LogP contribution >= 0.6 is 0 Å². The van der Waals surface area contributed by atoms with E-state index in [9.17, 15) is 0 Å². The maximum Gasteiger partial charge on any atom is 0.159 e. The maximum absolute atomic E-state index is 7.09. The van der Waals surface area contributed by atoms with Gasteiger partial charge in [0.25, 0.3) is 0 Å². The lowest BCUT2D eigenvalue weighted by Gasteiger charge is -2.25. The zero-order valence-corrected chi connectivity index (χ0v) is 41.4. The largest absolute Gasteiger partial charge is 0.453 e. The fourth-order valence-corrected chi connectivity index (χ4v) is 11.9. The number of nitrogens with zero attached hydrogens (tertiary/aromatic N) is 3. The molecule has 4 nitrogen and oxygen atoms in total. The molecule has 0 saturated heterocycles. The van der Waals surface area contributed by atoms with Crippen LogP contribution in [0.2, 0.25) is 0 Å². The van der Waals surface area contributed by atoms with E-state index in [-0.39, 0.29) is 16.2 Å². The minimum absolute atomic E-state index is 0.0273. The van der Waals surface area contributed by atoms with E-state index in [1.165, 1.54) is 92.9 Å². The van der Waals surface area contributed by atoms with E-state index in [0.29, 0.717) is 0 Å². The van der Waals surface area contributed by atoms with Gasteiger partial charge in [-0.05, 0) is 117 Å². The molecule has 0 atom stereocenters. The molecule has 0 aliphatic heterocycles. The number of furan rings is 1. The van der Waals surface area contributed by atoms with E-state index < -0.39 is 0 Å². The van der Waals surface area contributed by atoms with Gasteiger partial charge in [-0.2, -0.15) is 0 Å². The van der Waals surface area contributed by atoms with Gasteiger partial charge < -0.3 is 18.1 Å². The van der Waals surface area contributed by atoms with Crippen molar-refractivity contribution in [3.05, 3.63) is 187 Å². The Labute approximate surface area is 407 Å². The number of aromatic nitrogens is 2. The molecule has 0 unspecified atom stereocenters. The molecule has 14 aromatic rings. The van der Waals surface area contributed by atoms with Crippen molar-refractivity contribution in [3.8, 4) is 11.1 Å². The van der Waals surface area contributed by atoms with Gasteiger partial charge in [0.05, 0.1) is 38.8 Å². The van der Waals surface area contributed by atoms with Crippen molar-refractivity contribution in [2.24, 2.45) is 0 Å². The molecule has 70 heavy (non-hydrogen) atoms. The van der Waals surface area contributed by atoms with Crippen LogP contribution in [0.25, 0.3) is 109 Å². The normalized spacial score (nSPS) is 13.2. The molecule has 0 radical (unpaired) electrons. The third-order valence-corrected chi connectivity index (χ3v) is 15.6. The molecular weight excluding hydrogens is 851 g/mol. The molecule has 0 N–H and O–H groups in total. The SMILES string of the molecule is CC(C)(C)c1ccc2c(c1)c1cc(C(C)(C)C)cc3c4cc5c(cc4n2c13)c1cc(C(C)(C)C)cc2c3ccc(N(c4ccccc4)c4cccc6c4oc4c(-c7ccccc7)cccc46)cc3n5c21. The first kappa shape index (κ1) is 41.2. The van der Waals surface area contributed by atoms with Gasteiger partial charge in [-0.3, -0.25) is 0 Å². The molecular formula is C66H55N3O. The molecule has 0 amide bonds. The minimum atomic E-state index is -0.0541. The monoisotopic (exact) mass is 905 g/mol. The molecule has 14 rings (SSSR count). The average molecular weight is 906 g/mol. The number of fused-ring (bicyclic) bond motifs is 15. The Hall–Kier alpha value is -7.82. The molecule has 4 heteroatoms. The van der Waals surface area contributed by atoms with Crippen molar-refractivity contribution >= 4 is 115 Å². The van der Waals surface area contributed by atoms with Gasteiger partial charge >= 0.3 is 0 Å². The number of anilines is 3. The summed E-state index contributed by atoms with van der Waals surface area (Å²) in [6.45, 7) is 21.0.